The minimum atomic E-state index is -0.510. The molecular formula is C17H10Cl2N2O4S. The van der Waals surface area contributed by atoms with Gasteiger partial charge in [-0.05, 0) is 41.1 Å². The van der Waals surface area contributed by atoms with Gasteiger partial charge in [0.25, 0.3) is 16.8 Å². The van der Waals surface area contributed by atoms with E-state index in [2.05, 4.69) is 0 Å². The molecule has 2 aromatic carbocycles. The van der Waals surface area contributed by atoms with Crippen LogP contribution < -0.4 is 0 Å². The van der Waals surface area contributed by atoms with E-state index in [0.717, 1.165) is 16.7 Å². The number of nitro benzene ring substituents is 1. The van der Waals surface area contributed by atoms with Gasteiger partial charge in [-0.15, -0.1) is 0 Å². The van der Waals surface area contributed by atoms with Crippen LogP contribution in [-0.4, -0.2) is 21.0 Å². The molecule has 0 aliphatic carbocycles. The predicted octanol–water partition coefficient (Wildman–Crippen LogP) is 5.14. The van der Waals surface area contributed by atoms with Crippen molar-refractivity contribution in [3.8, 4) is 0 Å². The van der Waals surface area contributed by atoms with Crippen LogP contribution in [0.5, 0.6) is 0 Å². The summed E-state index contributed by atoms with van der Waals surface area (Å²) < 4.78 is 0. The summed E-state index contributed by atoms with van der Waals surface area (Å²) >= 11 is 12.6. The number of hydrogen-bond acceptors (Lipinski definition) is 5. The van der Waals surface area contributed by atoms with Gasteiger partial charge in [-0.1, -0.05) is 41.4 Å². The number of hydrogen-bond donors (Lipinski definition) is 0. The molecule has 1 saturated heterocycles. The Bertz CT molecular complexity index is 944. The van der Waals surface area contributed by atoms with Crippen molar-refractivity contribution in [3.05, 3.63) is 78.7 Å². The standard InChI is InChI=1S/C17H10Cl2N2O4S/c18-13-6-3-11(7-14(13)19)8-15-16(22)20(17(23)26-15)9-10-1-4-12(5-2-10)21(24)25/h1-8H,9H2/b15-8-. The molecule has 6 nitrogen and oxygen atoms in total. The van der Waals surface area contributed by atoms with Gasteiger partial charge in [0.05, 0.1) is 26.4 Å². The van der Waals surface area contributed by atoms with E-state index >= 15 is 0 Å². The molecule has 2 amide bonds. The monoisotopic (exact) mass is 408 g/mol. The molecule has 132 valence electrons. The number of thioether (sulfide) groups is 1. The summed E-state index contributed by atoms with van der Waals surface area (Å²) in [5.74, 6) is -0.426. The molecule has 26 heavy (non-hydrogen) atoms. The Morgan fingerprint density at radius 3 is 2.38 bits per heavy atom. The smallest absolute Gasteiger partial charge is 0.268 e. The zero-order chi connectivity index (χ0) is 18.8. The van der Waals surface area contributed by atoms with Crippen LogP contribution in [0.25, 0.3) is 6.08 Å². The van der Waals surface area contributed by atoms with Gasteiger partial charge in [-0.2, -0.15) is 0 Å². The summed E-state index contributed by atoms with van der Waals surface area (Å²) in [5.41, 5.74) is 1.22. The highest BCUT2D eigenvalue weighted by molar-refractivity contribution is 8.18. The maximum Gasteiger partial charge on any atom is 0.293 e. The Morgan fingerprint density at radius 2 is 1.77 bits per heavy atom. The van der Waals surface area contributed by atoms with E-state index in [4.69, 9.17) is 23.2 Å². The molecule has 9 heteroatoms. The van der Waals surface area contributed by atoms with Crippen LogP contribution in [0.1, 0.15) is 11.1 Å². The molecule has 0 bridgehead atoms. The van der Waals surface area contributed by atoms with Crippen molar-refractivity contribution in [1.82, 2.24) is 4.90 Å². The minimum absolute atomic E-state index is 0.0430. The second-order valence-electron chi connectivity index (χ2n) is 5.36. The van der Waals surface area contributed by atoms with Crippen molar-refractivity contribution in [2.75, 3.05) is 0 Å². The van der Waals surface area contributed by atoms with Crippen molar-refractivity contribution in [3.63, 3.8) is 0 Å². The Balaban J connectivity index is 1.79. The van der Waals surface area contributed by atoms with Crippen molar-refractivity contribution in [1.29, 1.82) is 0 Å². The first-order valence-corrected chi connectivity index (χ1v) is 8.86. The lowest BCUT2D eigenvalue weighted by Gasteiger charge is -2.12. The third-order valence-corrected chi connectivity index (χ3v) is 5.25. The van der Waals surface area contributed by atoms with Gasteiger partial charge in [0, 0.05) is 12.1 Å². The van der Waals surface area contributed by atoms with Crippen LogP contribution in [0.3, 0.4) is 0 Å². The van der Waals surface area contributed by atoms with Crippen LogP contribution in [0.4, 0.5) is 10.5 Å². The van der Waals surface area contributed by atoms with E-state index in [1.165, 1.54) is 24.3 Å². The highest BCUT2D eigenvalue weighted by Crippen LogP contribution is 2.34. The molecule has 0 N–H and O–H groups in total. The van der Waals surface area contributed by atoms with Gasteiger partial charge in [0.1, 0.15) is 0 Å². The first kappa shape index (κ1) is 18.4. The lowest BCUT2D eigenvalue weighted by Crippen LogP contribution is -2.27. The van der Waals surface area contributed by atoms with Crippen LogP contribution >= 0.6 is 35.0 Å². The summed E-state index contributed by atoms with van der Waals surface area (Å²) in [6, 6.07) is 10.6. The molecule has 1 heterocycles. The largest absolute Gasteiger partial charge is 0.293 e. The number of carbonyl (C=O) groups excluding carboxylic acids is 2. The van der Waals surface area contributed by atoms with Gasteiger partial charge in [0.2, 0.25) is 0 Å². The topological polar surface area (TPSA) is 80.5 Å². The van der Waals surface area contributed by atoms with E-state index in [9.17, 15) is 19.7 Å². The molecule has 0 saturated carbocycles. The number of benzene rings is 2. The summed E-state index contributed by atoms with van der Waals surface area (Å²) in [7, 11) is 0. The number of rotatable bonds is 4. The zero-order valence-corrected chi connectivity index (χ0v) is 15.3. The number of amides is 2. The Morgan fingerprint density at radius 1 is 1.08 bits per heavy atom. The highest BCUT2D eigenvalue weighted by atomic mass is 35.5. The quantitative estimate of drug-likeness (QED) is 0.397. The molecule has 0 unspecified atom stereocenters. The zero-order valence-electron chi connectivity index (χ0n) is 13.0. The second-order valence-corrected chi connectivity index (χ2v) is 7.17. The molecule has 2 aromatic rings. The lowest BCUT2D eigenvalue weighted by atomic mass is 10.2. The van der Waals surface area contributed by atoms with Gasteiger partial charge in [-0.3, -0.25) is 24.6 Å². The van der Waals surface area contributed by atoms with Crippen LogP contribution in [0.15, 0.2) is 47.4 Å². The maximum absolute atomic E-state index is 12.5. The van der Waals surface area contributed by atoms with E-state index in [1.807, 2.05) is 0 Å². The van der Waals surface area contributed by atoms with Crippen LogP contribution in [0.2, 0.25) is 10.0 Å². The lowest BCUT2D eigenvalue weighted by molar-refractivity contribution is -0.384. The van der Waals surface area contributed by atoms with Crippen molar-refractivity contribution >= 4 is 57.9 Å². The number of non-ortho nitro benzene ring substituents is 1. The van der Waals surface area contributed by atoms with Crippen molar-refractivity contribution in [2.24, 2.45) is 0 Å². The number of nitrogens with zero attached hydrogens (tertiary/aromatic N) is 2. The second kappa shape index (κ2) is 7.49. The Hall–Kier alpha value is -2.35. The first-order valence-electron chi connectivity index (χ1n) is 7.29. The number of imide groups is 1. The van der Waals surface area contributed by atoms with E-state index in [0.29, 0.717) is 21.2 Å². The van der Waals surface area contributed by atoms with Gasteiger partial charge >= 0.3 is 0 Å². The first-order chi connectivity index (χ1) is 12.3. The normalized spacial score (nSPS) is 15.8. The Labute approximate surface area is 162 Å². The molecule has 0 spiro atoms. The van der Waals surface area contributed by atoms with Crippen LogP contribution in [0, 0.1) is 10.1 Å². The number of nitro groups is 1. The summed E-state index contributed by atoms with van der Waals surface area (Å²) in [5, 5.41) is 11.0. The average Bonchev–Trinajstić information content (AvgIpc) is 2.86. The van der Waals surface area contributed by atoms with E-state index in [-0.39, 0.29) is 17.1 Å². The molecule has 0 atom stereocenters. The summed E-state index contributed by atoms with van der Waals surface area (Å²) in [4.78, 5) is 36.2. The van der Waals surface area contributed by atoms with E-state index in [1.54, 1.807) is 24.3 Å². The fraction of sp³-hybridized carbons (Fsp3) is 0.0588. The fourth-order valence-electron chi connectivity index (χ4n) is 2.30. The SMILES string of the molecule is O=C1S/C(=C\c2ccc(Cl)c(Cl)c2)C(=O)N1Cc1ccc([N+](=O)[O-])cc1. The molecule has 0 aromatic heterocycles. The predicted molar refractivity (Wildman–Crippen MR) is 101 cm³/mol. The highest BCUT2D eigenvalue weighted by Gasteiger charge is 2.35. The molecule has 3 rings (SSSR count). The van der Waals surface area contributed by atoms with Crippen molar-refractivity contribution in [2.45, 2.75) is 6.54 Å². The molecule has 1 aliphatic rings. The van der Waals surface area contributed by atoms with Gasteiger partial charge in [0.15, 0.2) is 0 Å². The minimum Gasteiger partial charge on any atom is -0.268 e. The summed E-state index contributed by atoms with van der Waals surface area (Å²) in [6.45, 7) is 0.0430. The Kier molecular flexibility index (Phi) is 5.31. The number of carbonyl (C=O) groups is 2. The molecule has 0 radical (unpaired) electrons. The molecule has 1 aliphatic heterocycles. The molecular weight excluding hydrogens is 399 g/mol. The van der Waals surface area contributed by atoms with Gasteiger partial charge in [-0.25, -0.2) is 0 Å². The average molecular weight is 409 g/mol. The van der Waals surface area contributed by atoms with Gasteiger partial charge < -0.3 is 0 Å². The molecule has 1 fully saturated rings. The number of halogens is 2. The third kappa shape index (κ3) is 3.90. The maximum atomic E-state index is 12.5. The third-order valence-electron chi connectivity index (χ3n) is 3.60. The summed E-state index contributed by atoms with van der Waals surface area (Å²) in [6.07, 6.45) is 1.57. The van der Waals surface area contributed by atoms with Crippen molar-refractivity contribution < 1.29 is 14.5 Å². The van der Waals surface area contributed by atoms with E-state index < -0.39 is 16.1 Å². The fourth-order valence-corrected chi connectivity index (χ4v) is 3.44. The van der Waals surface area contributed by atoms with Crippen LogP contribution in [-0.2, 0) is 11.3 Å².